The number of nitrogens with one attached hydrogen (secondary N) is 1. The molecule has 1 amide bonds. The van der Waals surface area contributed by atoms with Gasteiger partial charge in [0.15, 0.2) is 0 Å². The van der Waals surface area contributed by atoms with E-state index in [1.54, 1.807) is 0 Å². The Kier molecular flexibility index (Phi) is 6.59. The summed E-state index contributed by atoms with van der Waals surface area (Å²) in [5.74, 6) is 0.547. The zero-order valence-electron chi connectivity index (χ0n) is 8.21. The fourth-order valence-electron chi connectivity index (χ4n) is 0.881. The molecule has 74 valence electrons. The van der Waals surface area contributed by atoms with Crippen LogP contribution < -0.4 is 11.1 Å². The van der Waals surface area contributed by atoms with Gasteiger partial charge in [0.2, 0.25) is 6.41 Å². The number of nitrogens with zero attached hydrogens (tertiary/aromatic N) is 1. The second-order valence-electron chi connectivity index (χ2n) is 2.71. The van der Waals surface area contributed by atoms with Crippen LogP contribution in [0.2, 0.25) is 0 Å². The summed E-state index contributed by atoms with van der Waals surface area (Å²) in [6.07, 6.45) is 3.32. The number of nitrogens with two attached hydrogens (primary N) is 1. The van der Waals surface area contributed by atoms with Crippen LogP contribution in [0.3, 0.4) is 0 Å². The highest BCUT2D eigenvalue weighted by Gasteiger charge is 1.91. The van der Waals surface area contributed by atoms with Gasteiger partial charge in [-0.2, -0.15) is 0 Å². The largest absolute Gasteiger partial charge is 0.384 e. The van der Waals surface area contributed by atoms with Gasteiger partial charge in [-0.25, -0.2) is 0 Å². The van der Waals surface area contributed by atoms with E-state index in [4.69, 9.17) is 5.73 Å². The molecule has 0 atom stereocenters. The van der Waals surface area contributed by atoms with E-state index in [-0.39, 0.29) is 0 Å². The molecule has 0 heterocycles. The molecule has 0 rings (SSSR count). The quantitative estimate of drug-likeness (QED) is 0.272. The van der Waals surface area contributed by atoms with E-state index in [0.29, 0.717) is 25.3 Å². The molecule has 0 aliphatic carbocycles. The van der Waals surface area contributed by atoms with Crippen molar-refractivity contribution in [3.05, 3.63) is 11.6 Å². The van der Waals surface area contributed by atoms with E-state index in [1.807, 2.05) is 19.9 Å². The van der Waals surface area contributed by atoms with Gasteiger partial charge in [-0.05, 0) is 26.3 Å². The molecule has 3 N–H and O–H groups in total. The van der Waals surface area contributed by atoms with Crippen LogP contribution in [-0.2, 0) is 4.79 Å². The van der Waals surface area contributed by atoms with Crippen LogP contribution in [0.15, 0.2) is 16.6 Å². The molecule has 13 heavy (non-hydrogen) atoms. The molecule has 0 unspecified atom stereocenters. The van der Waals surface area contributed by atoms with E-state index < -0.39 is 0 Å². The van der Waals surface area contributed by atoms with Gasteiger partial charge < -0.3 is 11.1 Å². The van der Waals surface area contributed by atoms with Crippen LogP contribution in [0.4, 0.5) is 0 Å². The fourth-order valence-corrected chi connectivity index (χ4v) is 0.881. The lowest BCUT2D eigenvalue weighted by atomic mass is 10.2. The van der Waals surface area contributed by atoms with Crippen molar-refractivity contribution in [2.24, 2.45) is 10.7 Å². The monoisotopic (exact) mass is 183 g/mol. The molecule has 0 saturated heterocycles. The van der Waals surface area contributed by atoms with E-state index in [9.17, 15) is 4.79 Å². The number of hydrogen-bond acceptors (Lipinski definition) is 2. The minimum atomic E-state index is 0.547. The zero-order chi connectivity index (χ0) is 10.1. The Morgan fingerprint density at radius 3 is 2.85 bits per heavy atom. The summed E-state index contributed by atoms with van der Waals surface area (Å²) >= 11 is 0. The van der Waals surface area contributed by atoms with Gasteiger partial charge in [0, 0.05) is 13.1 Å². The van der Waals surface area contributed by atoms with Gasteiger partial charge in [-0.3, -0.25) is 9.79 Å². The average Bonchev–Trinajstić information content (AvgIpc) is 2.05. The number of carbonyl (C=O) groups is 1. The van der Waals surface area contributed by atoms with E-state index in [1.165, 1.54) is 0 Å². The number of aliphatic imine (C=N–C) groups is 1. The summed E-state index contributed by atoms with van der Waals surface area (Å²) in [6.45, 7) is 5.24. The van der Waals surface area contributed by atoms with E-state index in [0.717, 1.165) is 12.0 Å². The summed E-state index contributed by atoms with van der Waals surface area (Å²) in [5, 5.41) is 2.58. The molecule has 0 fully saturated rings. The van der Waals surface area contributed by atoms with Crippen molar-refractivity contribution in [1.29, 1.82) is 0 Å². The van der Waals surface area contributed by atoms with Gasteiger partial charge in [0.05, 0.1) is 0 Å². The van der Waals surface area contributed by atoms with Crippen LogP contribution in [0.1, 0.15) is 20.3 Å². The standard InChI is InChI=1S/C9H17N3O/c1-3-12-9(10)6-8(2)4-5-11-7-13/h6-7H,3-5H2,1-2H3,(H2,10,12)(H,11,13)/b8-6-. The molecular weight excluding hydrogens is 166 g/mol. The molecule has 4 nitrogen and oxygen atoms in total. The van der Waals surface area contributed by atoms with Crippen LogP contribution in [0.5, 0.6) is 0 Å². The van der Waals surface area contributed by atoms with Crippen molar-refractivity contribution in [3.8, 4) is 0 Å². The van der Waals surface area contributed by atoms with Crippen molar-refractivity contribution in [2.75, 3.05) is 13.1 Å². The topological polar surface area (TPSA) is 67.5 Å². The van der Waals surface area contributed by atoms with Gasteiger partial charge in [0.25, 0.3) is 0 Å². The normalized spacial score (nSPS) is 12.8. The number of amidine groups is 1. The summed E-state index contributed by atoms with van der Waals surface area (Å²) in [7, 11) is 0. The lowest BCUT2D eigenvalue weighted by molar-refractivity contribution is -0.109. The van der Waals surface area contributed by atoms with Gasteiger partial charge in [-0.1, -0.05) is 5.57 Å². The maximum absolute atomic E-state index is 9.93. The maximum atomic E-state index is 9.93. The smallest absolute Gasteiger partial charge is 0.207 e. The Hall–Kier alpha value is -1.32. The number of carbonyl (C=O) groups excluding carboxylic acids is 1. The Bertz CT molecular complexity index is 209. The van der Waals surface area contributed by atoms with Gasteiger partial charge >= 0.3 is 0 Å². The molecule has 0 aliphatic heterocycles. The Morgan fingerprint density at radius 2 is 2.31 bits per heavy atom. The molecular formula is C9H17N3O. The molecule has 0 aliphatic rings. The predicted octanol–water partition coefficient (Wildman–Crippen LogP) is 0.446. The van der Waals surface area contributed by atoms with Crippen molar-refractivity contribution in [2.45, 2.75) is 20.3 Å². The highest BCUT2D eigenvalue weighted by molar-refractivity contribution is 5.91. The minimum Gasteiger partial charge on any atom is -0.384 e. The van der Waals surface area contributed by atoms with E-state index >= 15 is 0 Å². The summed E-state index contributed by atoms with van der Waals surface area (Å²) < 4.78 is 0. The molecule has 0 saturated carbocycles. The number of amides is 1. The Balaban J connectivity index is 3.86. The fraction of sp³-hybridized carbons (Fsp3) is 0.556. The summed E-state index contributed by atoms with van der Waals surface area (Å²) in [5.41, 5.74) is 6.69. The van der Waals surface area contributed by atoms with Gasteiger partial charge in [-0.15, -0.1) is 0 Å². The molecule has 0 radical (unpaired) electrons. The first-order valence-electron chi connectivity index (χ1n) is 4.34. The molecule has 0 aromatic heterocycles. The van der Waals surface area contributed by atoms with Crippen molar-refractivity contribution in [1.82, 2.24) is 5.32 Å². The molecule has 0 aromatic rings. The maximum Gasteiger partial charge on any atom is 0.207 e. The molecule has 0 spiro atoms. The summed E-state index contributed by atoms with van der Waals surface area (Å²) in [6, 6.07) is 0. The first-order valence-corrected chi connectivity index (χ1v) is 4.34. The second-order valence-corrected chi connectivity index (χ2v) is 2.71. The van der Waals surface area contributed by atoms with Crippen LogP contribution in [-0.4, -0.2) is 25.3 Å². The first-order chi connectivity index (χ1) is 6.20. The highest BCUT2D eigenvalue weighted by Crippen LogP contribution is 1.97. The van der Waals surface area contributed by atoms with Crippen LogP contribution in [0, 0.1) is 0 Å². The zero-order valence-corrected chi connectivity index (χ0v) is 8.21. The lowest BCUT2D eigenvalue weighted by Gasteiger charge is -2.00. The molecule has 4 heteroatoms. The van der Waals surface area contributed by atoms with Gasteiger partial charge in [0.1, 0.15) is 5.84 Å². The van der Waals surface area contributed by atoms with Crippen molar-refractivity contribution in [3.63, 3.8) is 0 Å². The van der Waals surface area contributed by atoms with Crippen LogP contribution >= 0.6 is 0 Å². The lowest BCUT2D eigenvalue weighted by Crippen LogP contribution is -2.14. The summed E-state index contributed by atoms with van der Waals surface area (Å²) in [4.78, 5) is 14.0. The average molecular weight is 183 g/mol. The third-order valence-corrected chi connectivity index (χ3v) is 1.48. The Morgan fingerprint density at radius 1 is 1.62 bits per heavy atom. The minimum absolute atomic E-state index is 0.547. The highest BCUT2D eigenvalue weighted by atomic mass is 16.1. The van der Waals surface area contributed by atoms with Crippen molar-refractivity contribution >= 4 is 12.2 Å². The predicted molar refractivity (Wildman–Crippen MR) is 54.6 cm³/mol. The second kappa shape index (κ2) is 7.34. The van der Waals surface area contributed by atoms with Crippen molar-refractivity contribution < 1.29 is 4.79 Å². The SMILES string of the molecule is CCN=C(N)/C=C(/C)CCNC=O. The van der Waals surface area contributed by atoms with E-state index in [2.05, 4.69) is 10.3 Å². The number of hydrogen-bond donors (Lipinski definition) is 2. The molecule has 0 bridgehead atoms. The number of rotatable bonds is 6. The third kappa shape index (κ3) is 7.05. The first kappa shape index (κ1) is 11.7. The third-order valence-electron chi connectivity index (χ3n) is 1.48. The molecule has 0 aromatic carbocycles. The van der Waals surface area contributed by atoms with Crippen LogP contribution in [0.25, 0.3) is 0 Å². The Labute approximate surface area is 78.9 Å².